The van der Waals surface area contributed by atoms with Gasteiger partial charge in [-0.15, -0.1) is 0 Å². The topological polar surface area (TPSA) is 36.4 Å². The first-order chi connectivity index (χ1) is 13.2. The summed E-state index contributed by atoms with van der Waals surface area (Å²) in [6, 6.07) is 9.46. The standard InChI is InChI=1S/C22H26FN3O/c23-20-6-2-3-16-8-9-18(24-21(16)20)13-25-11-15-7-10-19(25)14-26(12-15)22(27)17-4-1-5-17/h2-3,6,8-9,15,17,19H,1,4-5,7,10-14H2/t15-,19-/m1/s1. The van der Waals surface area contributed by atoms with E-state index in [1.165, 1.54) is 18.9 Å². The molecule has 27 heavy (non-hydrogen) atoms. The highest BCUT2D eigenvalue weighted by Gasteiger charge is 2.39. The van der Waals surface area contributed by atoms with E-state index in [9.17, 15) is 9.18 Å². The Morgan fingerprint density at radius 2 is 1.96 bits per heavy atom. The summed E-state index contributed by atoms with van der Waals surface area (Å²) in [5, 5.41) is 0.841. The van der Waals surface area contributed by atoms with Crippen molar-refractivity contribution in [2.24, 2.45) is 11.8 Å². The van der Waals surface area contributed by atoms with E-state index in [-0.39, 0.29) is 11.7 Å². The molecule has 2 atom stereocenters. The van der Waals surface area contributed by atoms with E-state index in [1.54, 1.807) is 6.07 Å². The molecule has 3 saturated heterocycles. The normalized spacial score (nSPS) is 26.2. The number of rotatable bonds is 3. The Bertz CT molecular complexity index is 866. The van der Waals surface area contributed by atoms with Gasteiger partial charge in [-0.2, -0.15) is 0 Å². The van der Waals surface area contributed by atoms with Gasteiger partial charge in [0.2, 0.25) is 5.91 Å². The average Bonchev–Trinajstić information content (AvgIpc) is 2.93. The van der Waals surface area contributed by atoms with Gasteiger partial charge < -0.3 is 4.90 Å². The van der Waals surface area contributed by atoms with Gasteiger partial charge in [-0.3, -0.25) is 9.69 Å². The molecule has 4 aliphatic rings. The second kappa shape index (κ2) is 6.86. The van der Waals surface area contributed by atoms with Crippen molar-refractivity contribution >= 4 is 16.8 Å². The maximum atomic E-state index is 14.1. The Hall–Kier alpha value is -2.01. The van der Waals surface area contributed by atoms with Gasteiger partial charge in [-0.05, 0) is 43.7 Å². The van der Waals surface area contributed by atoms with Crippen LogP contribution in [0.4, 0.5) is 4.39 Å². The lowest BCUT2D eigenvalue weighted by molar-refractivity contribution is -0.138. The van der Waals surface area contributed by atoms with Crippen molar-refractivity contribution in [1.82, 2.24) is 14.8 Å². The molecule has 0 spiro atoms. The summed E-state index contributed by atoms with van der Waals surface area (Å²) in [5.41, 5.74) is 1.37. The van der Waals surface area contributed by atoms with Gasteiger partial charge in [-0.25, -0.2) is 9.37 Å². The zero-order chi connectivity index (χ0) is 18.4. The van der Waals surface area contributed by atoms with Gasteiger partial charge in [0.15, 0.2) is 0 Å². The Kier molecular flexibility index (Phi) is 4.35. The minimum Gasteiger partial charge on any atom is -0.341 e. The van der Waals surface area contributed by atoms with Crippen LogP contribution in [0.5, 0.6) is 0 Å². The van der Waals surface area contributed by atoms with Crippen LogP contribution in [0.3, 0.4) is 0 Å². The maximum absolute atomic E-state index is 14.1. The molecule has 3 aliphatic heterocycles. The fourth-order valence-electron chi connectivity index (χ4n) is 4.91. The quantitative estimate of drug-likeness (QED) is 0.832. The Labute approximate surface area is 159 Å². The third-order valence-electron chi connectivity index (χ3n) is 6.69. The molecule has 2 bridgehead atoms. The number of fused-ring (bicyclic) bond motifs is 5. The maximum Gasteiger partial charge on any atom is 0.225 e. The molecule has 1 saturated carbocycles. The number of carbonyl (C=O) groups is 1. The SMILES string of the molecule is O=C(C1CCC1)N1C[C@@H]2CC[C@H](C1)N(Cc1ccc3cccc(F)c3n1)C2. The minimum absolute atomic E-state index is 0.260. The molecule has 4 nitrogen and oxygen atoms in total. The van der Waals surface area contributed by atoms with Crippen LogP contribution in [0.1, 0.15) is 37.8 Å². The molecule has 2 aromatic rings. The van der Waals surface area contributed by atoms with Gasteiger partial charge in [0.1, 0.15) is 11.3 Å². The molecular weight excluding hydrogens is 341 g/mol. The molecule has 1 aromatic carbocycles. The van der Waals surface area contributed by atoms with E-state index in [0.717, 1.165) is 56.5 Å². The first kappa shape index (κ1) is 17.1. The minimum atomic E-state index is -0.260. The number of benzene rings is 1. The van der Waals surface area contributed by atoms with Crippen molar-refractivity contribution in [3.8, 4) is 0 Å². The summed E-state index contributed by atoms with van der Waals surface area (Å²) >= 11 is 0. The number of hydrogen-bond acceptors (Lipinski definition) is 3. The van der Waals surface area contributed by atoms with E-state index in [1.807, 2.05) is 18.2 Å². The fraction of sp³-hybridized carbons (Fsp3) is 0.545. The van der Waals surface area contributed by atoms with E-state index in [0.29, 0.717) is 23.4 Å². The van der Waals surface area contributed by atoms with Crippen LogP contribution in [-0.4, -0.2) is 46.4 Å². The Balaban J connectivity index is 1.34. The first-order valence-corrected chi connectivity index (χ1v) is 10.2. The van der Waals surface area contributed by atoms with Gasteiger partial charge >= 0.3 is 0 Å². The molecule has 0 N–H and O–H groups in total. The number of pyridine rings is 1. The van der Waals surface area contributed by atoms with Gasteiger partial charge in [0.25, 0.3) is 0 Å². The van der Waals surface area contributed by atoms with Crippen LogP contribution in [0.25, 0.3) is 10.9 Å². The second-order valence-corrected chi connectivity index (χ2v) is 8.51. The predicted octanol–water partition coefficient (Wildman–Crippen LogP) is 3.60. The van der Waals surface area contributed by atoms with Crippen molar-refractivity contribution in [1.29, 1.82) is 0 Å². The number of carbonyl (C=O) groups excluding carboxylic acids is 1. The molecule has 0 unspecified atom stereocenters. The van der Waals surface area contributed by atoms with Crippen molar-refractivity contribution < 1.29 is 9.18 Å². The zero-order valence-corrected chi connectivity index (χ0v) is 15.6. The predicted molar refractivity (Wildman–Crippen MR) is 103 cm³/mol. The van der Waals surface area contributed by atoms with Crippen LogP contribution < -0.4 is 0 Å². The monoisotopic (exact) mass is 367 g/mol. The summed E-state index contributed by atoms with van der Waals surface area (Å²) in [4.78, 5) is 22.0. The van der Waals surface area contributed by atoms with Crippen LogP contribution in [0.2, 0.25) is 0 Å². The molecule has 142 valence electrons. The molecule has 1 amide bonds. The number of amides is 1. The molecule has 0 radical (unpaired) electrons. The summed E-state index contributed by atoms with van der Waals surface area (Å²) in [6.45, 7) is 3.49. The third kappa shape index (κ3) is 3.22. The zero-order valence-electron chi connectivity index (χ0n) is 15.6. The first-order valence-electron chi connectivity index (χ1n) is 10.2. The summed E-state index contributed by atoms with van der Waals surface area (Å²) in [5.74, 6) is 0.945. The lowest BCUT2D eigenvalue weighted by Gasteiger charge is -2.36. The average molecular weight is 367 g/mol. The number of aromatic nitrogens is 1. The van der Waals surface area contributed by atoms with Crippen LogP contribution in [0, 0.1) is 17.7 Å². The number of piperidine rings is 1. The molecule has 4 heterocycles. The smallest absolute Gasteiger partial charge is 0.225 e. The van der Waals surface area contributed by atoms with Crippen molar-refractivity contribution in [2.45, 2.75) is 44.7 Å². The summed E-state index contributed by atoms with van der Waals surface area (Å²) in [7, 11) is 0. The van der Waals surface area contributed by atoms with E-state index in [2.05, 4.69) is 14.8 Å². The summed E-state index contributed by atoms with van der Waals surface area (Å²) in [6.07, 6.45) is 5.69. The number of hydrogen-bond donors (Lipinski definition) is 0. The molecule has 6 rings (SSSR count). The molecule has 1 aliphatic carbocycles. The van der Waals surface area contributed by atoms with Crippen LogP contribution >= 0.6 is 0 Å². The molecule has 4 fully saturated rings. The highest BCUT2D eigenvalue weighted by molar-refractivity contribution is 5.80. The largest absolute Gasteiger partial charge is 0.341 e. The lowest BCUT2D eigenvalue weighted by Crippen LogP contribution is -2.45. The van der Waals surface area contributed by atoms with Crippen LogP contribution in [-0.2, 0) is 11.3 Å². The Morgan fingerprint density at radius 1 is 1.07 bits per heavy atom. The highest BCUT2D eigenvalue weighted by Crippen LogP contribution is 2.33. The summed E-state index contributed by atoms with van der Waals surface area (Å²) < 4.78 is 14.1. The van der Waals surface area contributed by atoms with Crippen molar-refractivity contribution in [3.63, 3.8) is 0 Å². The second-order valence-electron chi connectivity index (χ2n) is 8.51. The third-order valence-corrected chi connectivity index (χ3v) is 6.69. The molecular formula is C22H26FN3O. The Morgan fingerprint density at radius 3 is 2.78 bits per heavy atom. The van der Waals surface area contributed by atoms with Crippen LogP contribution in [0.15, 0.2) is 30.3 Å². The number of para-hydroxylation sites is 1. The van der Waals surface area contributed by atoms with Gasteiger partial charge in [-0.1, -0.05) is 24.6 Å². The van der Waals surface area contributed by atoms with Gasteiger partial charge in [0.05, 0.1) is 5.69 Å². The van der Waals surface area contributed by atoms with E-state index < -0.39 is 0 Å². The molecule has 1 aromatic heterocycles. The van der Waals surface area contributed by atoms with Crippen molar-refractivity contribution in [2.75, 3.05) is 19.6 Å². The molecule has 5 heteroatoms. The van der Waals surface area contributed by atoms with Crippen molar-refractivity contribution in [3.05, 3.63) is 41.8 Å². The van der Waals surface area contributed by atoms with E-state index in [4.69, 9.17) is 0 Å². The number of halogens is 1. The fourth-order valence-corrected chi connectivity index (χ4v) is 4.91. The van der Waals surface area contributed by atoms with E-state index >= 15 is 0 Å². The van der Waals surface area contributed by atoms with Gasteiger partial charge in [0, 0.05) is 43.5 Å². The highest BCUT2D eigenvalue weighted by atomic mass is 19.1. The lowest BCUT2D eigenvalue weighted by atomic mass is 9.84. The number of nitrogens with zero attached hydrogens (tertiary/aromatic N) is 3.